The minimum Gasteiger partial charge on any atom is -0.494 e. The van der Waals surface area contributed by atoms with E-state index in [1.807, 2.05) is 0 Å². The molecule has 2 aliphatic heterocycles. The van der Waals surface area contributed by atoms with Crippen LogP contribution in [0.25, 0.3) is 5.82 Å². The number of nitrogens with one attached hydrogen (secondary N) is 1. The minimum atomic E-state index is 0.468. The zero-order valence-electron chi connectivity index (χ0n) is 17.7. The lowest BCUT2D eigenvalue weighted by Crippen LogP contribution is -2.56. The van der Waals surface area contributed by atoms with Crippen molar-refractivity contribution in [2.45, 2.75) is 13.0 Å². The number of aryl methyl sites for hydroxylation is 1. The summed E-state index contributed by atoms with van der Waals surface area (Å²) in [6.45, 7) is 7.86. The normalized spacial score (nSPS) is 17.4. The molecule has 10 heteroatoms. The van der Waals surface area contributed by atoms with Crippen molar-refractivity contribution in [1.82, 2.24) is 29.6 Å². The largest absolute Gasteiger partial charge is 0.494 e. The number of ether oxygens (including phenoxy) is 2. The number of piperazine rings is 1. The van der Waals surface area contributed by atoms with Crippen LogP contribution in [0.2, 0.25) is 0 Å². The zero-order chi connectivity index (χ0) is 21.2. The molecule has 0 radical (unpaired) electrons. The average Bonchev–Trinajstić information content (AvgIpc) is 3.22. The summed E-state index contributed by atoms with van der Waals surface area (Å²) in [4.78, 5) is 17.6. The van der Waals surface area contributed by atoms with Crippen LogP contribution in [0.3, 0.4) is 0 Å². The van der Waals surface area contributed by atoms with Gasteiger partial charge in [0.2, 0.25) is 5.95 Å². The molecule has 0 amide bonds. The average molecular weight is 422 g/mol. The van der Waals surface area contributed by atoms with E-state index in [-0.39, 0.29) is 0 Å². The summed E-state index contributed by atoms with van der Waals surface area (Å²) in [5, 5.41) is 7.78. The predicted molar refractivity (Wildman–Crippen MR) is 116 cm³/mol. The van der Waals surface area contributed by atoms with Gasteiger partial charge in [-0.15, -0.1) is 5.10 Å². The van der Waals surface area contributed by atoms with Crippen LogP contribution in [-0.4, -0.2) is 82.2 Å². The Hall–Kier alpha value is -3.24. The number of hydrogen-bond donors (Lipinski definition) is 1. The molecule has 31 heavy (non-hydrogen) atoms. The molecule has 4 heterocycles. The molecule has 162 valence electrons. The third kappa shape index (κ3) is 4.04. The molecule has 0 spiro atoms. The van der Waals surface area contributed by atoms with Crippen LogP contribution < -0.4 is 15.0 Å². The molecule has 0 unspecified atom stereocenters. The lowest BCUT2D eigenvalue weighted by atomic mass is 10.1. The van der Waals surface area contributed by atoms with E-state index in [4.69, 9.17) is 9.47 Å². The van der Waals surface area contributed by atoms with Gasteiger partial charge in [0.1, 0.15) is 12.1 Å². The topological polar surface area (TPSA) is 93.5 Å². The molecule has 0 saturated carbocycles. The van der Waals surface area contributed by atoms with E-state index in [1.54, 1.807) is 36.7 Å². The van der Waals surface area contributed by atoms with Crippen molar-refractivity contribution in [3.05, 3.63) is 42.6 Å². The lowest BCUT2D eigenvalue weighted by Gasteiger charge is -2.43. The van der Waals surface area contributed by atoms with Gasteiger partial charge in [0.15, 0.2) is 5.82 Å². The Kier molecular flexibility index (Phi) is 5.39. The molecule has 0 atom stereocenters. The van der Waals surface area contributed by atoms with Crippen molar-refractivity contribution < 1.29 is 9.47 Å². The summed E-state index contributed by atoms with van der Waals surface area (Å²) in [7, 11) is 1.68. The van der Waals surface area contributed by atoms with Crippen molar-refractivity contribution in [2.75, 3.05) is 56.7 Å². The summed E-state index contributed by atoms with van der Waals surface area (Å²) in [6, 6.07) is 4.88. The smallest absolute Gasteiger partial charge is 0.247 e. The third-order valence-electron chi connectivity index (χ3n) is 5.80. The predicted octanol–water partition coefficient (Wildman–Crippen LogP) is 1.64. The number of anilines is 3. The van der Waals surface area contributed by atoms with E-state index in [0.717, 1.165) is 56.4 Å². The number of nitrogens with zero attached hydrogens (tertiary/aromatic N) is 7. The van der Waals surface area contributed by atoms with Gasteiger partial charge in [0.25, 0.3) is 0 Å². The number of hydrogen-bond acceptors (Lipinski definition) is 9. The Balaban J connectivity index is 1.35. The fourth-order valence-corrected chi connectivity index (χ4v) is 4.04. The maximum Gasteiger partial charge on any atom is 0.247 e. The van der Waals surface area contributed by atoms with Gasteiger partial charge < -0.3 is 19.7 Å². The summed E-state index contributed by atoms with van der Waals surface area (Å²) in [5.74, 6) is 1.86. The molecule has 0 aliphatic carbocycles. The molecule has 3 aromatic rings. The SMILES string of the molecule is COc1c(C)cc(N2CCN(C3COC3)CC2)cc1Nc1ncn(-c2cnccn2)n1. The standard InChI is InChI=1S/C21H26N8O2/c1-15-9-16(27-5-7-28(8-6-27)17-12-31-13-17)10-18(20(15)30-2)25-21-24-14-29(26-21)19-11-22-3-4-23-19/h3-4,9-11,14,17H,5-8,12-13H2,1-2H3,(H,25,26). The Bertz CT molecular complexity index is 1030. The van der Waals surface area contributed by atoms with Crippen molar-refractivity contribution in [1.29, 1.82) is 0 Å². The first-order valence-electron chi connectivity index (χ1n) is 10.4. The highest BCUT2D eigenvalue weighted by Crippen LogP contribution is 2.35. The fourth-order valence-electron chi connectivity index (χ4n) is 4.04. The molecule has 2 aliphatic rings. The monoisotopic (exact) mass is 422 g/mol. The van der Waals surface area contributed by atoms with Crippen LogP contribution in [0.15, 0.2) is 37.1 Å². The second-order valence-electron chi connectivity index (χ2n) is 7.76. The van der Waals surface area contributed by atoms with E-state index in [2.05, 4.69) is 54.2 Å². The van der Waals surface area contributed by atoms with Gasteiger partial charge >= 0.3 is 0 Å². The van der Waals surface area contributed by atoms with E-state index in [1.165, 1.54) is 5.69 Å². The molecule has 2 aromatic heterocycles. The number of methoxy groups -OCH3 is 1. The van der Waals surface area contributed by atoms with Crippen molar-refractivity contribution in [3.8, 4) is 11.6 Å². The summed E-state index contributed by atoms with van der Waals surface area (Å²) < 4.78 is 12.6. The maximum absolute atomic E-state index is 5.66. The van der Waals surface area contributed by atoms with Gasteiger partial charge in [-0.3, -0.25) is 9.88 Å². The maximum atomic E-state index is 5.66. The number of benzene rings is 1. The van der Waals surface area contributed by atoms with Crippen LogP contribution >= 0.6 is 0 Å². The summed E-state index contributed by atoms with van der Waals surface area (Å²) in [6.07, 6.45) is 6.49. The lowest BCUT2D eigenvalue weighted by molar-refractivity contribution is -0.0660. The first kappa shape index (κ1) is 19.7. The van der Waals surface area contributed by atoms with E-state index >= 15 is 0 Å². The second-order valence-corrected chi connectivity index (χ2v) is 7.76. The van der Waals surface area contributed by atoms with Crippen LogP contribution in [0.1, 0.15) is 5.56 Å². The Labute approximate surface area is 180 Å². The van der Waals surface area contributed by atoms with Crippen LogP contribution in [-0.2, 0) is 4.74 Å². The number of aromatic nitrogens is 5. The molecule has 10 nitrogen and oxygen atoms in total. The highest BCUT2D eigenvalue weighted by molar-refractivity contribution is 5.72. The number of rotatable bonds is 6. The third-order valence-corrected chi connectivity index (χ3v) is 5.80. The van der Waals surface area contributed by atoms with Crippen molar-refractivity contribution in [2.24, 2.45) is 0 Å². The molecular weight excluding hydrogens is 396 g/mol. The van der Waals surface area contributed by atoms with Gasteiger partial charge in [-0.05, 0) is 24.6 Å². The molecule has 2 saturated heterocycles. The van der Waals surface area contributed by atoms with Crippen molar-refractivity contribution >= 4 is 17.3 Å². The second kappa shape index (κ2) is 8.48. The van der Waals surface area contributed by atoms with Gasteiger partial charge in [-0.1, -0.05) is 0 Å². The van der Waals surface area contributed by atoms with Crippen LogP contribution in [0, 0.1) is 6.92 Å². The van der Waals surface area contributed by atoms with Crippen LogP contribution in [0.5, 0.6) is 5.75 Å². The Morgan fingerprint density at radius 1 is 1.10 bits per heavy atom. The highest BCUT2D eigenvalue weighted by atomic mass is 16.5. The minimum absolute atomic E-state index is 0.468. The molecular formula is C21H26N8O2. The van der Waals surface area contributed by atoms with Crippen LogP contribution in [0.4, 0.5) is 17.3 Å². The Morgan fingerprint density at radius 3 is 2.61 bits per heavy atom. The Morgan fingerprint density at radius 2 is 1.94 bits per heavy atom. The molecule has 1 aromatic carbocycles. The van der Waals surface area contributed by atoms with E-state index in [9.17, 15) is 0 Å². The zero-order valence-corrected chi connectivity index (χ0v) is 17.7. The van der Waals surface area contributed by atoms with Gasteiger partial charge in [-0.2, -0.15) is 9.67 Å². The van der Waals surface area contributed by atoms with E-state index < -0.39 is 0 Å². The van der Waals surface area contributed by atoms with Gasteiger partial charge in [0.05, 0.1) is 38.2 Å². The van der Waals surface area contributed by atoms with Gasteiger partial charge in [0, 0.05) is 44.3 Å². The summed E-state index contributed by atoms with van der Waals surface area (Å²) >= 11 is 0. The molecule has 5 rings (SSSR count). The quantitative estimate of drug-likeness (QED) is 0.636. The molecule has 2 fully saturated rings. The first-order valence-corrected chi connectivity index (χ1v) is 10.4. The molecule has 0 bridgehead atoms. The summed E-state index contributed by atoms with van der Waals surface area (Å²) in [5.41, 5.74) is 3.06. The highest BCUT2D eigenvalue weighted by Gasteiger charge is 2.29. The van der Waals surface area contributed by atoms with Crippen molar-refractivity contribution in [3.63, 3.8) is 0 Å². The fraction of sp³-hybridized carbons (Fsp3) is 0.429. The molecule has 1 N–H and O–H groups in total. The van der Waals surface area contributed by atoms with Gasteiger partial charge in [-0.25, -0.2) is 4.98 Å². The van der Waals surface area contributed by atoms with E-state index in [0.29, 0.717) is 17.8 Å². The first-order chi connectivity index (χ1) is 15.2.